The zero-order chi connectivity index (χ0) is 12.8. The molecule has 0 aliphatic carbocycles. The van der Waals surface area contributed by atoms with E-state index in [2.05, 4.69) is 10.4 Å². The molecule has 2 rings (SSSR count). The second-order valence-electron chi connectivity index (χ2n) is 4.05. The molecular formula is C13H15Cl2N3. The van der Waals surface area contributed by atoms with Crippen molar-refractivity contribution in [3.05, 3.63) is 52.3 Å². The second kappa shape index (κ2) is 6.78. The van der Waals surface area contributed by atoms with Crippen molar-refractivity contribution in [1.82, 2.24) is 15.1 Å². The quantitative estimate of drug-likeness (QED) is 0.824. The predicted molar refractivity (Wildman–Crippen MR) is 75.0 cm³/mol. The smallest absolute Gasteiger partial charge is 0.0595 e. The van der Waals surface area contributed by atoms with Gasteiger partial charge in [-0.25, -0.2) is 0 Å². The molecule has 0 atom stereocenters. The summed E-state index contributed by atoms with van der Waals surface area (Å²) in [6.07, 6.45) is 4.81. The zero-order valence-electron chi connectivity index (χ0n) is 9.94. The molecule has 2 aromatic rings. The summed E-state index contributed by atoms with van der Waals surface area (Å²) in [7, 11) is 0. The number of aryl methyl sites for hydroxylation is 1. The van der Waals surface area contributed by atoms with Gasteiger partial charge in [0.05, 0.1) is 10.0 Å². The van der Waals surface area contributed by atoms with E-state index in [1.54, 1.807) is 6.20 Å². The van der Waals surface area contributed by atoms with Crippen LogP contribution in [0.5, 0.6) is 0 Å². The molecule has 1 aromatic carbocycles. The predicted octanol–water partition coefficient (Wildman–Crippen LogP) is 3.37. The van der Waals surface area contributed by atoms with E-state index in [0.29, 0.717) is 10.0 Å². The molecule has 0 aliphatic rings. The molecule has 5 heteroatoms. The number of nitrogens with zero attached hydrogens (tertiary/aromatic N) is 2. The fraction of sp³-hybridized carbons (Fsp3) is 0.308. The fourth-order valence-electron chi connectivity index (χ4n) is 1.68. The van der Waals surface area contributed by atoms with E-state index in [-0.39, 0.29) is 0 Å². The lowest BCUT2D eigenvalue weighted by molar-refractivity contribution is 0.543. The first-order chi connectivity index (χ1) is 8.75. The third-order valence-electron chi connectivity index (χ3n) is 2.61. The number of nitrogens with one attached hydrogen (secondary N) is 1. The summed E-state index contributed by atoms with van der Waals surface area (Å²) in [6.45, 7) is 2.68. The van der Waals surface area contributed by atoms with Crippen LogP contribution in [0, 0.1) is 0 Å². The highest BCUT2D eigenvalue weighted by molar-refractivity contribution is 6.42. The summed E-state index contributed by atoms with van der Waals surface area (Å²) < 4.78 is 1.93. The summed E-state index contributed by atoms with van der Waals surface area (Å²) in [4.78, 5) is 0. The average molecular weight is 284 g/mol. The number of hydrogen-bond donors (Lipinski definition) is 1. The van der Waals surface area contributed by atoms with Crippen molar-refractivity contribution in [3.8, 4) is 0 Å². The normalized spacial score (nSPS) is 10.8. The highest BCUT2D eigenvalue weighted by atomic mass is 35.5. The van der Waals surface area contributed by atoms with Crippen LogP contribution in [-0.4, -0.2) is 16.3 Å². The molecule has 0 bridgehead atoms. The topological polar surface area (TPSA) is 29.9 Å². The van der Waals surface area contributed by atoms with Crippen LogP contribution in [0.3, 0.4) is 0 Å². The molecule has 1 N–H and O–H groups in total. The van der Waals surface area contributed by atoms with Gasteiger partial charge in [-0.1, -0.05) is 29.3 Å². The Kier molecular flexibility index (Phi) is 5.05. The molecule has 1 aromatic heterocycles. The molecule has 0 spiro atoms. The lowest BCUT2D eigenvalue weighted by Crippen LogP contribution is -2.16. The van der Waals surface area contributed by atoms with Gasteiger partial charge in [0.25, 0.3) is 0 Å². The average Bonchev–Trinajstić information content (AvgIpc) is 2.86. The van der Waals surface area contributed by atoms with Gasteiger partial charge in [-0.15, -0.1) is 0 Å². The Labute approximate surface area is 117 Å². The second-order valence-corrected chi connectivity index (χ2v) is 4.86. The van der Waals surface area contributed by atoms with Crippen molar-refractivity contribution in [2.75, 3.05) is 6.54 Å². The molecule has 3 nitrogen and oxygen atoms in total. The molecular weight excluding hydrogens is 269 g/mol. The Morgan fingerprint density at radius 2 is 2.11 bits per heavy atom. The summed E-state index contributed by atoms with van der Waals surface area (Å²) in [5.74, 6) is 0. The van der Waals surface area contributed by atoms with Gasteiger partial charge in [0.1, 0.15) is 0 Å². The maximum atomic E-state index is 5.95. The Balaban J connectivity index is 1.67. The maximum Gasteiger partial charge on any atom is 0.0595 e. The number of aromatic nitrogens is 2. The van der Waals surface area contributed by atoms with Gasteiger partial charge >= 0.3 is 0 Å². The Hall–Kier alpha value is -1.03. The van der Waals surface area contributed by atoms with E-state index in [4.69, 9.17) is 23.2 Å². The number of halogens is 2. The molecule has 0 saturated carbocycles. The van der Waals surface area contributed by atoms with Crippen LogP contribution in [0.25, 0.3) is 0 Å². The van der Waals surface area contributed by atoms with Crippen molar-refractivity contribution in [1.29, 1.82) is 0 Å². The minimum atomic E-state index is 0.596. The van der Waals surface area contributed by atoms with Gasteiger partial charge in [0.2, 0.25) is 0 Å². The minimum Gasteiger partial charge on any atom is -0.313 e. The Morgan fingerprint density at radius 3 is 2.83 bits per heavy atom. The third-order valence-corrected chi connectivity index (χ3v) is 3.35. The van der Waals surface area contributed by atoms with E-state index >= 15 is 0 Å². The summed E-state index contributed by atoms with van der Waals surface area (Å²) in [6, 6.07) is 7.63. The standard InChI is InChI=1S/C13H15Cl2N3/c14-12-4-3-11(9-13(12)15)10-16-5-1-7-18-8-2-6-17-18/h2-4,6,8-9,16H,1,5,7,10H2. The van der Waals surface area contributed by atoms with Crippen LogP contribution in [0.15, 0.2) is 36.7 Å². The van der Waals surface area contributed by atoms with Crippen molar-refractivity contribution < 1.29 is 0 Å². The molecule has 0 fully saturated rings. The molecule has 96 valence electrons. The van der Waals surface area contributed by atoms with Crippen LogP contribution in [0.4, 0.5) is 0 Å². The highest BCUT2D eigenvalue weighted by Gasteiger charge is 1.99. The van der Waals surface area contributed by atoms with Crippen molar-refractivity contribution in [2.45, 2.75) is 19.5 Å². The molecule has 0 saturated heterocycles. The zero-order valence-corrected chi connectivity index (χ0v) is 11.5. The first-order valence-corrected chi connectivity index (χ1v) is 6.63. The Bertz CT molecular complexity index is 483. The summed E-state index contributed by atoms with van der Waals surface area (Å²) >= 11 is 11.8. The Morgan fingerprint density at radius 1 is 1.22 bits per heavy atom. The first-order valence-electron chi connectivity index (χ1n) is 5.88. The van der Waals surface area contributed by atoms with Crippen LogP contribution >= 0.6 is 23.2 Å². The van der Waals surface area contributed by atoms with Gasteiger partial charge in [-0.05, 0) is 36.7 Å². The summed E-state index contributed by atoms with van der Waals surface area (Å²) in [5, 5.41) is 8.72. The van der Waals surface area contributed by atoms with Gasteiger partial charge in [-0.3, -0.25) is 4.68 Å². The number of rotatable bonds is 6. The fourth-order valence-corrected chi connectivity index (χ4v) is 2.00. The van der Waals surface area contributed by atoms with Crippen LogP contribution < -0.4 is 5.32 Å². The highest BCUT2D eigenvalue weighted by Crippen LogP contribution is 2.22. The van der Waals surface area contributed by atoms with E-state index in [1.807, 2.05) is 35.1 Å². The SMILES string of the molecule is Clc1ccc(CNCCCn2cccn2)cc1Cl. The lowest BCUT2D eigenvalue weighted by Gasteiger charge is -2.06. The first kappa shape index (κ1) is 13.4. The van der Waals surface area contributed by atoms with Gasteiger partial charge in [0.15, 0.2) is 0 Å². The molecule has 0 aliphatic heterocycles. The molecule has 1 heterocycles. The van der Waals surface area contributed by atoms with E-state index in [9.17, 15) is 0 Å². The van der Waals surface area contributed by atoms with Crippen molar-refractivity contribution in [2.24, 2.45) is 0 Å². The minimum absolute atomic E-state index is 0.596. The van der Waals surface area contributed by atoms with Crippen molar-refractivity contribution >= 4 is 23.2 Å². The monoisotopic (exact) mass is 283 g/mol. The number of hydrogen-bond acceptors (Lipinski definition) is 2. The molecule has 0 amide bonds. The van der Waals surface area contributed by atoms with Gasteiger partial charge < -0.3 is 5.32 Å². The van der Waals surface area contributed by atoms with Crippen LogP contribution in [0.1, 0.15) is 12.0 Å². The van der Waals surface area contributed by atoms with E-state index in [0.717, 1.165) is 31.6 Å². The lowest BCUT2D eigenvalue weighted by atomic mass is 10.2. The van der Waals surface area contributed by atoms with Gasteiger partial charge in [0, 0.05) is 25.5 Å². The van der Waals surface area contributed by atoms with Crippen LogP contribution in [0.2, 0.25) is 10.0 Å². The number of benzene rings is 1. The summed E-state index contributed by atoms with van der Waals surface area (Å²) in [5.41, 5.74) is 1.14. The van der Waals surface area contributed by atoms with Crippen LogP contribution in [-0.2, 0) is 13.1 Å². The van der Waals surface area contributed by atoms with E-state index < -0.39 is 0 Å². The van der Waals surface area contributed by atoms with Gasteiger partial charge in [-0.2, -0.15) is 5.10 Å². The maximum absolute atomic E-state index is 5.95. The van der Waals surface area contributed by atoms with E-state index in [1.165, 1.54) is 0 Å². The molecule has 0 radical (unpaired) electrons. The molecule has 0 unspecified atom stereocenters. The third kappa shape index (κ3) is 4.02. The largest absolute Gasteiger partial charge is 0.313 e. The molecule has 18 heavy (non-hydrogen) atoms. The van der Waals surface area contributed by atoms with Crippen molar-refractivity contribution in [3.63, 3.8) is 0 Å².